The van der Waals surface area contributed by atoms with Crippen LogP contribution in [0.1, 0.15) is 16.7 Å². The number of anilines is 2. The van der Waals surface area contributed by atoms with Gasteiger partial charge in [-0.3, -0.25) is 10.1 Å². The van der Waals surface area contributed by atoms with Gasteiger partial charge in [-0.1, -0.05) is 0 Å². The van der Waals surface area contributed by atoms with E-state index >= 15 is 0 Å². The molecule has 0 aliphatic rings. The second-order valence-electron chi connectivity index (χ2n) is 4.25. The van der Waals surface area contributed by atoms with Gasteiger partial charge < -0.3 is 10.6 Å². The Balaban J connectivity index is 2.15. The summed E-state index contributed by atoms with van der Waals surface area (Å²) in [6, 6.07) is 6.97. The zero-order valence-corrected chi connectivity index (χ0v) is 12.2. The minimum Gasteiger partial charge on any atom is -0.370 e. The van der Waals surface area contributed by atoms with E-state index in [0.717, 1.165) is 0 Å². The summed E-state index contributed by atoms with van der Waals surface area (Å²) >= 11 is 1.69. The van der Waals surface area contributed by atoms with Crippen molar-refractivity contribution in [2.45, 2.75) is 20.4 Å². The van der Waals surface area contributed by atoms with Gasteiger partial charge in [-0.25, -0.2) is 4.98 Å². The topological polar surface area (TPSA) is 80.1 Å². The fourth-order valence-electron chi connectivity index (χ4n) is 1.74. The van der Waals surface area contributed by atoms with Crippen LogP contribution in [0.3, 0.4) is 0 Å². The van der Waals surface area contributed by atoms with Crippen molar-refractivity contribution in [2.24, 2.45) is 0 Å². The van der Waals surface area contributed by atoms with Crippen molar-refractivity contribution in [3.63, 3.8) is 0 Å². The zero-order chi connectivity index (χ0) is 14.5. The van der Waals surface area contributed by atoms with E-state index in [4.69, 9.17) is 0 Å². The molecule has 0 fully saturated rings. The number of nitro groups is 1. The molecule has 2 aromatic rings. The number of pyridine rings is 1. The van der Waals surface area contributed by atoms with Crippen molar-refractivity contribution in [3.05, 3.63) is 44.1 Å². The highest BCUT2D eigenvalue weighted by atomic mass is 32.1. The lowest BCUT2D eigenvalue weighted by Gasteiger charge is -2.07. The number of hydrogen-bond acceptors (Lipinski definition) is 6. The Kier molecular flexibility index (Phi) is 4.52. The van der Waals surface area contributed by atoms with E-state index in [0.29, 0.717) is 24.7 Å². The van der Waals surface area contributed by atoms with Gasteiger partial charge in [-0.2, -0.15) is 0 Å². The normalized spacial score (nSPS) is 10.3. The van der Waals surface area contributed by atoms with Crippen molar-refractivity contribution in [1.82, 2.24) is 4.98 Å². The quantitative estimate of drug-likeness (QED) is 0.630. The molecule has 106 valence electrons. The maximum atomic E-state index is 10.9. The van der Waals surface area contributed by atoms with Gasteiger partial charge in [-0.15, -0.1) is 11.3 Å². The van der Waals surface area contributed by atoms with Gasteiger partial charge in [0.2, 0.25) is 0 Å². The predicted octanol–water partition coefficient (Wildman–Crippen LogP) is 3.40. The van der Waals surface area contributed by atoms with Gasteiger partial charge >= 0.3 is 0 Å². The summed E-state index contributed by atoms with van der Waals surface area (Å²) in [5.41, 5.74) is 0.0285. The van der Waals surface area contributed by atoms with Crippen molar-refractivity contribution in [3.8, 4) is 0 Å². The Hall–Kier alpha value is -2.15. The van der Waals surface area contributed by atoms with Crippen LogP contribution in [0, 0.1) is 17.0 Å². The van der Waals surface area contributed by atoms with Gasteiger partial charge in [0.15, 0.2) is 0 Å². The van der Waals surface area contributed by atoms with Gasteiger partial charge in [-0.05, 0) is 26.0 Å². The smallest absolute Gasteiger partial charge is 0.276 e. The highest BCUT2D eigenvalue weighted by Crippen LogP contribution is 2.22. The van der Waals surface area contributed by atoms with Crippen LogP contribution in [0.4, 0.5) is 17.3 Å². The molecule has 0 aromatic carbocycles. The SMILES string of the molecule is CCNc1cc([N+](=O)[O-])cc(NCc2ccc(C)s2)n1. The van der Waals surface area contributed by atoms with E-state index in [1.807, 2.05) is 26.0 Å². The summed E-state index contributed by atoms with van der Waals surface area (Å²) in [5, 5.41) is 17.0. The molecule has 2 N–H and O–H groups in total. The van der Waals surface area contributed by atoms with E-state index in [2.05, 4.69) is 15.6 Å². The van der Waals surface area contributed by atoms with Crippen LogP contribution >= 0.6 is 11.3 Å². The summed E-state index contributed by atoms with van der Waals surface area (Å²) in [6.45, 7) is 5.24. The van der Waals surface area contributed by atoms with Crippen LogP contribution in [-0.4, -0.2) is 16.5 Å². The van der Waals surface area contributed by atoms with Crippen LogP contribution in [0.15, 0.2) is 24.3 Å². The first kappa shape index (κ1) is 14.3. The number of thiophene rings is 1. The summed E-state index contributed by atoms with van der Waals surface area (Å²) in [5.74, 6) is 1.01. The number of aromatic nitrogens is 1. The van der Waals surface area contributed by atoms with Gasteiger partial charge in [0.1, 0.15) is 11.6 Å². The van der Waals surface area contributed by atoms with Crippen molar-refractivity contribution in [2.75, 3.05) is 17.2 Å². The van der Waals surface area contributed by atoms with E-state index < -0.39 is 4.92 Å². The molecule has 7 heteroatoms. The molecule has 0 amide bonds. The summed E-state index contributed by atoms with van der Waals surface area (Å²) in [4.78, 5) is 17.2. The zero-order valence-electron chi connectivity index (χ0n) is 11.3. The second kappa shape index (κ2) is 6.33. The Bertz CT molecular complexity index is 612. The standard InChI is InChI=1S/C13H16N4O2S/c1-3-14-12-6-10(17(18)19)7-13(16-12)15-8-11-5-4-9(2)20-11/h4-7H,3,8H2,1-2H3,(H2,14,15,16). The largest absolute Gasteiger partial charge is 0.370 e. The Morgan fingerprint density at radius 3 is 2.55 bits per heavy atom. The third kappa shape index (κ3) is 3.67. The average molecular weight is 292 g/mol. The highest BCUT2D eigenvalue weighted by molar-refractivity contribution is 7.11. The maximum absolute atomic E-state index is 10.9. The van der Waals surface area contributed by atoms with Crippen molar-refractivity contribution in [1.29, 1.82) is 0 Å². The number of rotatable bonds is 6. The molecule has 0 radical (unpaired) electrons. The third-order valence-electron chi connectivity index (χ3n) is 2.62. The van der Waals surface area contributed by atoms with E-state index in [1.165, 1.54) is 21.9 Å². The molecule has 0 saturated carbocycles. The average Bonchev–Trinajstić information content (AvgIpc) is 2.82. The number of nitrogens with zero attached hydrogens (tertiary/aromatic N) is 2. The molecule has 0 saturated heterocycles. The third-order valence-corrected chi connectivity index (χ3v) is 3.62. The maximum Gasteiger partial charge on any atom is 0.276 e. The Morgan fingerprint density at radius 1 is 1.30 bits per heavy atom. The summed E-state index contributed by atoms with van der Waals surface area (Å²) in [6.07, 6.45) is 0. The summed E-state index contributed by atoms with van der Waals surface area (Å²) < 4.78 is 0. The highest BCUT2D eigenvalue weighted by Gasteiger charge is 2.11. The van der Waals surface area contributed by atoms with Crippen LogP contribution < -0.4 is 10.6 Å². The lowest BCUT2D eigenvalue weighted by Crippen LogP contribution is -2.05. The van der Waals surface area contributed by atoms with Crippen molar-refractivity contribution >= 4 is 28.7 Å². The van der Waals surface area contributed by atoms with E-state index in [1.54, 1.807) is 11.3 Å². The minimum atomic E-state index is -0.414. The lowest BCUT2D eigenvalue weighted by molar-refractivity contribution is -0.384. The molecule has 0 atom stereocenters. The molecular formula is C13H16N4O2S. The van der Waals surface area contributed by atoms with E-state index in [-0.39, 0.29) is 5.69 Å². The molecule has 0 spiro atoms. The van der Waals surface area contributed by atoms with Crippen LogP contribution in [0.2, 0.25) is 0 Å². The van der Waals surface area contributed by atoms with Gasteiger partial charge in [0.05, 0.1) is 23.6 Å². The number of nitrogens with one attached hydrogen (secondary N) is 2. The molecule has 0 aliphatic carbocycles. The first-order valence-corrected chi connectivity index (χ1v) is 7.09. The minimum absolute atomic E-state index is 0.0285. The molecule has 6 nitrogen and oxygen atoms in total. The van der Waals surface area contributed by atoms with Crippen molar-refractivity contribution < 1.29 is 4.92 Å². The monoisotopic (exact) mass is 292 g/mol. The molecule has 2 rings (SSSR count). The van der Waals surface area contributed by atoms with Gasteiger partial charge in [0, 0.05) is 16.3 Å². The molecule has 0 unspecified atom stereocenters. The number of aryl methyl sites for hydroxylation is 1. The molecule has 2 heterocycles. The summed E-state index contributed by atoms with van der Waals surface area (Å²) in [7, 11) is 0. The van der Waals surface area contributed by atoms with E-state index in [9.17, 15) is 10.1 Å². The molecule has 20 heavy (non-hydrogen) atoms. The Morgan fingerprint density at radius 2 is 2.00 bits per heavy atom. The fraction of sp³-hybridized carbons (Fsp3) is 0.308. The van der Waals surface area contributed by atoms with Crippen LogP contribution in [0.25, 0.3) is 0 Å². The van der Waals surface area contributed by atoms with Gasteiger partial charge in [0.25, 0.3) is 5.69 Å². The molecular weight excluding hydrogens is 276 g/mol. The Labute approximate surface area is 121 Å². The molecule has 2 aromatic heterocycles. The first-order valence-electron chi connectivity index (χ1n) is 6.28. The first-order chi connectivity index (χ1) is 9.58. The number of hydrogen-bond donors (Lipinski definition) is 2. The second-order valence-corrected chi connectivity index (χ2v) is 5.62. The fourth-order valence-corrected chi connectivity index (χ4v) is 2.57. The lowest BCUT2D eigenvalue weighted by atomic mass is 10.3. The molecule has 0 bridgehead atoms. The predicted molar refractivity (Wildman–Crippen MR) is 81.4 cm³/mol. The van der Waals surface area contributed by atoms with Crippen LogP contribution in [0.5, 0.6) is 0 Å². The van der Waals surface area contributed by atoms with Crippen LogP contribution in [-0.2, 0) is 6.54 Å². The molecule has 0 aliphatic heterocycles.